The van der Waals surface area contributed by atoms with Crippen LogP contribution in [-0.2, 0) is 17.6 Å². The van der Waals surface area contributed by atoms with Gasteiger partial charge in [0.2, 0.25) is 5.91 Å². The second-order valence-corrected chi connectivity index (χ2v) is 8.18. The van der Waals surface area contributed by atoms with Crippen LogP contribution >= 0.6 is 0 Å². The Morgan fingerprint density at radius 2 is 1.89 bits per heavy atom. The second-order valence-electron chi connectivity index (χ2n) is 8.18. The van der Waals surface area contributed by atoms with E-state index in [1.54, 1.807) is 0 Å². The van der Waals surface area contributed by atoms with Crippen LogP contribution in [0.2, 0.25) is 0 Å². The fourth-order valence-corrected chi connectivity index (χ4v) is 4.51. The summed E-state index contributed by atoms with van der Waals surface area (Å²) in [6.45, 7) is 0. The summed E-state index contributed by atoms with van der Waals surface area (Å²) in [4.78, 5) is 24.6. The zero-order chi connectivity index (χ0) is 19.5. The average Bonchev–Trinajstić information content (AvgIpc) is 2.70. The highest BCUT2D eigenvalue weighted by atomic mass is 16.1. The van der Waals surface area contributed by atoms with Gasteiger partial charge in [0.05, 0.1) is 5.69 Å². The number of H-pyrrole nitrogens is 1. The van der Waals surface area contributed by atoms with Crippen LogP contribution in [0.3, 0.4) is 0 Å². The van der Waals surface area contributed by atoms with Gasteiger partial charge >= 0.3 is 0 Å². The van der Waals surface area contributed by atoms with Crippen LogP contribution in [-0.4, -0.2) is 22.1 Å². The molecule has 0 unspecified atom stereocenters. The first-order chi connectivity index (χ1) is 13.6. The highest BCUT2D eigenvalue weighted by Gasteiger charge is 2.22. The SMILES string of the molecule is NC1CCC(CC(=O)Nc2cccc(-c3n[nH]c(=O)c4c3CCCC4)c2)CC1. The highest BCUT2D eigenvalue weighted by molar-refractivity contribution is 5.91. The lowest BCUT2D eigenvalue weighted by Crippen LogP contribution is -2.28. The lowest BCUT2D eigenvalue weighted by atomic mass is 9.84. The standard InChI is InChI=1S/C22H28N4O2/c23-16-10-8-14(9-11-16)12-20(27)24-17-5-3-4-15(13-17)21-18-6-1-2-7-19(18)22(28)26-25-21/h3-5,13-14,16H,1-2,6-12,23H2,(H,24,27)(H,26,28). The fraction of sp³-hybridized carbons (Fsp3) is 0.500. The third-order valence-electron chi connectivity index (χ3n) is 6.08. The maximum atomic E-state index is 12.5. The van der Waals surface area contributed by atoms with Gasteiger partial charge < -0.3 is 11.1 Å². The maximum absolute atomic E-state index is 12.5. The average molecular weight is 380 g/mol. The zero-order valence-corrected chi connectivity index (χ0v) is 16.2. The lowest BCUT2D eigenvalue weighted by Gasteiger charge is -2.25. The molecule has 2 aliphatic rings. The molecule has 0 bridgehead atoms. The topological polar surface area (TPSA) is 101 Å². The molecule has 1 fully saturated rings. The Balaban J connectivity index is 1.49. The van der Waals surface area contributed by atoms with Crippen molar-refractivity contribution in [3.63, 3.8) is 0 Å². The summed E-state index contributed by atoms with van der Waals surface area (Å²) in [5, 5.41) is 9.99. The van der Waals surface area contributed by atoms with Gasteiger partial charge in [-0.25, -0.2) is 5.10 Å². The molecule has 1 amide bonds. The molecule has 2 aromatic rings. The summed E-state index contributed by atoms with van der Waals surface area (Å²) >= 11 is 0. The van der Waals surface area contributed by atoms with Crippen molar-refractivity contribution < 1.29 is 4.79 Å². The maximum Gasteiger partial charge on any atom is 0.267 e. The minimum Gasteiger partial charge on any atom is -0.328 e. The number of benzene rings is 1. The zero-order valence-electron chi connectivity index (χ0n) is 16.2. The van der Waals surface area contributed by atoms with E-state index in [0.29, 0.717) is 18.4 Å². The molecule has 2 aliphatic carbocycles. The Kier molecular flexibility index (Phi) is 5.57. The first-order valence-corrected chi connectivity index (χ1v) is 10.4. The molecule has 28 heavy (non-hydrogen) atoms. The summed E-state index contributed by atoms with van der Waals surface area (Å²) in [7, 11) is 0. The molecule has 0 aliphatic heterocycles. The number of nitrogens with zero attached hydrogens (tertiary/aromatic N) is 1. The van der Waals surface area contributed by atoms with Gasteiger partial charge in [0.15, 0.2) is 0 Å². The molecule has 1 aromatic carbocycles. The summed E-state index contributed by atoms with van der Waals surface area (Å²) in [5.74, 6) is 0.477. The van der Waals surface area contributed by atoms with Crippen LogP contribution in [0.1, 0.15) is 56.1 Å². The number of hydrogen-bond acceptors (Lipinski definition) is 4. The number of amides is 1. The normalized spacial score (nSPS) is 21.8. The van der Waals surface area contributed by atoms with Crippen molar-refractivity contribution in [2.75, 3.05) is 5.32 Å². The first kappa shape index (κ1) is 18.9. The molecular formula is C22H28N4O2. The van der Waals surface area contributed by atoms with E-state index in [1.807, 2.05) is 24.3 Å². The van der Waals surface area contributed by atoms with Gasteiger partial charge in [-0.2, -0.15) is 5.10 Å². The monoisotopic (exact) mass is 380 g/mol. The molecule has 1 aromatic heterocycles. The molecular weight excluding hydrogens is 352 g/mol. The van der Waals surface area contributed by atoms with Gasteiger partial charge in [-0.15, -0.1) is 0 Å². The third kappa shape index (κ3) is 4.17. The van der Waals surface area contributed by atoms with Crippen molar-refractivity contribution in [3.8, 4) is 11.3 Å². The minimum absolute atomic E-state index is 0.0501. The van der Waals surface area contributed by atoms with Gasteiger partial charge in [0.1, 0.15) is 0 Å². The number of hydrogen-bond donors (Lipinski definition) is 3. The van der Waals surface area contributed by atoms with Crippen LogP contribution in [0.4, 0.5) is 5.69 Å². The largest absolute Gasteiger partial charge is 0.328 e. The number of carbonyl (C=O) groups is 1. The van der Waals surface area contributed by atoms with E-state index in [2.05, 4.69) is 15.5 Å². The molecule has 6 heteroatoms. The smallest absolute Gasteiger partial charge is 0.267 e. The van der Waals surface area contributed by atoms with Crippen LogP contribution < -0.4 is 16.6 Å². The van der Waals surface area contributed by atoms with Crippen LogP contribution in [0.25, 0.3) is 11.3 Å². The Morgan fingerprint density at radius 1 is 1.14 bits per heavy atom. The van der Waals surface area contributed by atoms with Gasteiger partial charge in [0, 0.05) is 29.3 Å². The van der Waals surface area contributed by atoms with Crippen molar-refractivity contribution in [2.45, 2.75) is 63.8 Å². The molecule has 1 saturated carbocycles. The van der Waals surface area contributed by atoms with Crippen molar-refractivity contribution >= 4 is 11.6 Å². The Labute approximate surface area is 164 Å². The second kappa shape index (κ2) is 8.27. The van der Waals surface area contributed by atoms with Gasteiger partial charge in [-0.3, -0.25) is 9.59 Å². The van der Waals surface area contributed by atoms with E-state index in [0.717, 1.165) is 79.4 Å². The summed E-state index contributed by atoms with van der Waals surface area (Å²) in [6, 6.07) is 8.05. The number of anilines is 1. The van der Waals surface area contributed by atoms with Crippen molar-refractivity contribution in [1.29, 1.82) is 0 Å². The minimum atomic E-state index is -0.0740. The molecule has 4 N–H and O–H groups in total. The summed E-state index contributed by atoms with van der Waals surface area (Å²) < 4.78 is 0. The Bertz CT molecular complexity index is 913. The molecule has 0 spiro atoms. The van der Waals surface area contributed by atoms with Crippen molar-refractivity contribution in [1.82, 2.24) is 10.2 Å². The first-order valence-electron chi connectivity index (χ1n) is 10.4. The van der Waals surface area contributed by atoms with E-state index in [1.165, 1.54) is 0 Å². The Morgan fingerprint density at radius 3 is 2.68 bits per heavy atom. The number of aromatic nitrogens is 2. The van der Waals surface area contributed by atoms with E-state index in [-0.39, 0.29) is 11.5 Å². The number of fused-ring (bicyclic) bond motifs is 1. The van der Waals surface area contributed by atoms with Gasteiger partial charge in [-0.05, 0) is 75.0 Å². The van der Waals surface area contributed by atoms with Crippen LogP contribution in [0.15, 0.2) is 29.1 Å². The quantitative estimate of drug-likeness (QED) is 0.758. The number of nitrogens with one attached hydrogen (secondary N) is 2. The van der Waals surface area contributed by atoms with E-state index < -0.39 is 0 Å². The molecule has 4 rings (SSSR count). The number of carbonyl (C=O) groups excluding carboxylic acids is 1. The molecule has 6 nitrogen and oxygen atoms in total. The van der Waals surface area contributed by atoms with Crippen LogP contribution in [0, 0.1) is 5.92 Å². The van der Waals surface area contributed by atoms with E-state index in [4.69, 9.17) is 5.73 Å². The lowest BCUT2D eigenvalue weighted by molar-refractivity contribution is -0.117. The number of rotatable bonds is 4. The van der Waals surface area contributed by atoms with E-state index in [9.17, 15) is 9.59 Å². The van der Waals surface area contributed by atoms with E-state index >= 15 is 0 Å². The van der Waals surface area contributed by atoms with Gasteiger partial charge in [-0.1, -0.05) is 12.1 Å². The molecule has 0 radical (unpaired) electrons. The molecule has 0 atom stereocenters. The van der Waals surface area contributed by atoms with Crippen LogP contribution in [0.5, 0.6) is 0 Å². The van der Waals surface area contributed by atoms with Crippen molar-refractivity contribution in [3.05, 3.63) is 45.7 Å². The predicted octanol–water partition coefficient (Wildman–Crippen LogP) is 3.16. The van der Waals surface area contributed by atoms with Crippen molar-refractivity contribution in [2.24, 2.45) is 11.7 Å². The summed E-state index contributed by atoms with van der Waals surface area (Å²) in [6.07, 6.45) is 8.43. The summed E-state index contributed by atoms with van der Waals surface area (Å²) in [5.41, 5.74) is 10.3. The fourth-order valence-electron chi connectivity index (χ4n) is 4.51. The number of aromatic amines is 1. The third-order valence-corrected chi connectivity index (χ3v) is 6.08. The molecule has 0 saturated heterocycles. The number of nitrogens with two attached hydrogens (primary N) is 1. The predicted molar refractivity (Wildman–Crippen MR) is 110 cm³/mol. The highest BCUT2D eigenvalue weighted by Crippen LogP contribution is 2.30. The molecule has 148 valence electrons. The molecule has 1 heterocycles. The van der Waals surface area contributed by atoms with Gasteiger partial charge in [0.25, 0.3) is 5.56 Å². The Hall–Kier alpha value is -2.47.